The van der Waals surface area contributed by atoms with E-state index < -0.39 is 20.6 Å². The molecule has 2 aromatic carbocycles. The molecule has 0 unspecified atom stereocenters. The summed E-state index contributed by atoms with van der Waals surface area (Å²) < 4.78 is 35.0. The fourth-order valence-electron chi connectivity index (χ4n) is 2.61. The Morgan fingerprint density at radius 3 is 2.44 bits per heavy atom. The Bertz CT molecular complexity index is 973. The minimum Gasteiger partial charge on any atom is -0.378 e. The maximum absolute atomic E-state index is 12.8. The molecule has 1 aliphatic heterocycles. The summed E-state index contributed by atoms with van der Waals surface area (Å²) in [4.78, 5) is 11.9. The van der Waals surface area contributed by atoms with Crippen molar-refractivity contribution in [1.82, 2.24) is 4.90 Å². The van der Waals surface area contributed by atoms with Gasteiger partial charge in [0.1, 0.15) is 10.9 Å². The average molecular weight is 410 g/mol. The summed E-state index contributed by atoms with van der Waals surface area (Å²) in [5, 5.41) is 10.9. The molecule has 0 aliphatic carbocycles. The van der Waals surface area contributed by atoms with Crippen molar-refractivity contribution in [2.24, 2.45) is 4.40 Å². The SMILES string of the molecule is O=[N+]([O-])c1cc(S(=O)(=O)/N=C(\c2ccccc2)N2CCOCC2)ccc1Cl. The molecule has 10 heteroatoms. The van der Waals surface area contributed by atoms with E-state index in [1.54, 1.807) is 24.3 Å². The summed E-state index contributed by atoms with van der Waals surface area (Å²) in [6.45, 7) is 1.89. The van der Waals surface area contributed by atoms with Gasteiger partial charge in [0.2, 0.25) is 0 Å². The van der Waals surface area contributed by atoms with Crippen molar-refractivity contribution in [3.05, 3.63) is 69.2 Å². The van der Waals surface area contributed by atoms with E-state index in [0.29, 0.717) is 31.9 Å². The lowest BCUT2D eigenvalue weighted by Crippen LogP contribution is -2.41. The van der Waals surface area contributed by atoms with Gasteiger partial charge in [0.15, 0.2) is 0 Å². The number of hydrogen-bond donors (Lipinski definition) is 0. The first-order valence-corrected chi connectivity index (χ1v) is 9.87. The summed E-state index contributed by atoms with van der Waals surface area (Å²) in [6, 6.07) is 12.2. The van der Waals surface area contributed by atoms with E-state index in [9.17, 15) is 18.5 Å². The molecule has 1 fully saturated rings. The zero-order valence-corrected chi connectivity index (χ0v) is 15.7. The highest BCUT2D eigenvalue weighted by atomic mass is 35.5. The first kappa shape index (κ1) is 19.3. The molecule has 1 aliphatic rings. The highest BCUT2D eigenvalue weighted by molar-refractivity contribution is 7.90. The zero-order valence-electron chi connectivity index (χ0n) is 14.1. The van der Waals surface area contributed by atoms with Crippen molar-refractivity contribution in [1.29, 1.82) is 0 Å². The van der Waals surface area contributed by atoms with Crippen LogP contribution in [0.15, 0.2) is 57.8 Å². The Balaban J connectivity index is 2.08. The highest BCUT2D eigenvalue weighted by Gasteiger charge is 2.24. The van der Waals surface area contributed by atoms with Gasteiger partial charge in [0, 0.05) is 24.7 Å². The number of hydrogen-bond acceptors (Lipinski definition) is 5. The van der Waals surface area contributed by atoms with Crippen LogP contribution in [0.3, 0.4) is 0 Å². The van der Waals surface area contributed by atoms with Crippen molar-refractivity contribution in [3.63, 3.8) is 0 Å². The Morgan fingerprint density at radius 1 is 1.15 bits per heavy atom. The Morgan fingerprint density at radius 2 is 1.81 bits per heavy atom. The third kappa shape index (κ3) is 4.44. The van der Waals surface area contributed by atoms with Crippen molar-refractivity contribution in [2.75, 3.05) is 26.3 Å². The monoisotopic (exact) mass is 409 g/mol. The molecule has 0 radical (unpaired) electrons. The summed E-state index contributed by atoms with van der Waals surface area (Å²) >= 11 is 5.77. The Labute approximate surface area is 161 Å². The van der Waals surface area contributed by atoms with E-state index in [2.05, 4.69) is 4.40 Å². The first-order valence-electron chi connectivity index (χ1n) is 8.05. The number of nitrogens with zero attached hydrogens (tertiary/aromatic N) is 3. The van der Waals surface area contributed by atoms with Gasteiger partial charge in [0.05, 0.1) is 23.0 Å². The van der Waals surface area contributed by atoms with Crippen LogP contribution in [-0.4, -0.2) is 50.4 Å². The van der Waals surface area contributed by atoms with Crippen LogP contribution < -0.4 is 0 Å². The Kier molecular flexibility index (Phi) is 5.73. The molecule has 0 saturated carbocycles. The van der Waals surface area contributed by atoms with Crippen molar-refractivity contribution in [2.45, 2.75) is 4.90 Å². The number of sulfonamides is 1. The second-order valence-electron chi connectivity index (χ2n) is 5.73. The third-order valence-electron chi connectivity index (χ3n) is 3.96. The Hall–Kier alpha value is -2.49. The number of amidine groups is 1. The molecule has 2 aromatic rings. The maximum atomic E-state index is 12.8. The summed E-state index contributed by atoms with van der Waals surface area (Å²) in [6.07, 6.45) is 0. The van der Waals surface area contributed by atoms with Gasteiger partial charge >= 0.3 is 0 Å². The molecule has 0 spiro atoms. The molecule has 0 aromatic heterocycles. The number of morpholine rings is 1. The molecule has 0 N–H and O–H groups in total. The number of rotatable bonds is 4. The van der Waals surface area contributed by atoms with E-state index in [1.165, 1.54) is 12.1 Å². The van der Waals surface area contributed by atoms with Gasteiger partial charge < -0.3 is 9.64 Å². The van der Waals surface area contributed by atoms with Gasteiger partial charge in [-0.1, -0.05) is 41.9 Å². The largest absolute Gasteiger partial charge is 0.378 e. The standard InChI is InChI=1S/C17H16ClN3O5S/c18-15-7-6-14(12-16(15)21(22)23)27(24,25)19-17(13-4-2-1-3-5-13)20-8-10-26-11-9-20/h1-7,12H,8-11H2/b19-17+. The molecule has 27 heavy (non-hydrogen) atoms. The lowest BCUT2D eigenvalue weighted by molar-refractivity contribution is -0.384. The predicted molar refractivity (Wildman–Crippen MR) is 101 cm³/mol. The number of ether oxygens (including phenoxy) is 1. The van der Waals surface area contributed by atoms with Crippen LogP contribution in [0.4, 0.5) is 5.69 Å². The van der Waals surface area contributed by atoms with Crippen molar-refractivity contribution >= 4 is 33.1 Å². The quantitative estimate of drug-likeness (QED) is 0.333. The molecule has 1 saturated heterocycles. The van der Waals surface area contributed by atoms with E-state index in [4.69, 9.17) is 16.3 Å². The zero-order chi connectivity index (χ0) is 19.4. The van der Waals surface area contributed by atoms with Crippen LogP contribution in [0.5, 0.6) is 0 Å². The number of nitro groups is 1. The minimum atomic E-state index is -4.19. The van der Waals surface area contributed by atoms with Crippen LogP contribution in [0, 0.1) is 10.1 Å². The number of benzene rings is 2. The van der Waals surface area contributed by atoms with Gasteiger partial charge in [-0.15, -0.1) is 4.40 Å². The fourth-order valence-corrected chi connectivity index (χ4v) is 3.86. The lowest BCUT2D eigenvalue weighted by atomic mass is 10.2. The fraction of sp³-hybridized carbons (Fsp3) is 0.235. The molecule has 0 amide bonds. The van der Waals surface area contributed by atoms with E-state index in [0.717, 1.165) is 6.07 Å². The molecule has 1 heterocycles. The van der Waals surface area contributed by atoms with Gasteiger partial charge in [-0.25, -0.2) is 0 Å². The smallest absolute Gasteiger partial charge is 0.289 e. The van der Waals surface area contributed by atoms with Gasteiger partial charge in [-0.3, -0.25) is 10.1 Å². The van der Waals surface area contributed by atoms with E-state index in [-0.39, 0.29) is 15.8 Å². The van der Waals surface area contributed by atoms with Gasteiger partial charge in [-0.2, -0.15) is 8.42 Å². The van der Waals surface area contributed by atoms with Crippen LogP contribution in [0.25, 0.3) is 0 Å². The number of nitro benzene ring substituents is 1. The summed E-state index contributed by atoms with van der Waals surface area (Å²) in [5.41, 5.74) is 0.145. The molecule has 8 nitrogen and oxygen atoms in total. The molecule has 142 valence electrons. The third-order valence-corrected chi connectivity index (χ3v) is 5.54. The molecule has 3 rings (SSSR count). The first-order chi connectivity index (χ1) is 12.9. The van der Waals surface area contributed by atoms with E-state index in [1.807, 2.05) is 11.0 Å². The molecule has 0 atom stereocenters. The molecular formula is C17H16ClN3O5S. The van der Waals surface area contributed by atoms with Crippen molar-refractivity contribution < 1.29 is 18.1 Å². The topological polar surface area (TPSA) is 102 Å². The lowest BCUT2D eigenvalue weighted by Gasteiger charge is -2.29. The number of halogens is 1. The predicted octanol–water partition coefficient (Wildman–Crippen LogP) is 2.72. The van der Waals surface area contributed by atoms with Gasteiger partial charge in [0.25, 0.3) is 15.7 Å². The van der Waals surface area contributed by atoms with Crippen LogP contribution >= 0.6 is 11.6 Å². The summed E-state index contributed by atoms with van der Waals surface area (Å²) in [5.74, 6) is 0.275. The highest BCUT2D eigenvalue weighted by Crippen LogP contribution is 2.28. The normalized spacial score (nSPS) is 15.6. The van der Waals surface area contributed by atoms with Crippen LogP contribution in [-0.2, 0) is 14.8 Å². The second-order valence-corrected chi connectivity index (χ2v) is 7.74. The average Bonchev–Trinajstić information content (AvgIpc) is 2.67. The molecule has 0 bridgehead atoms. The maximum Gasteiger partial charge on any atom is 0.289 e. The summed E-state index contributed by atoms with van der Waals surface area (Å²) in [7, 11) is -4.19. The van der Waals surface area contributed by atoms with Crippen LogP contribution in [0.1, 0.15) is 5.56 Å². The second kappa shape index (κ2) is 8.03. The van der Waals surface area contributed by atoms with Gasteiger partial charge in [-0.05, 0) is 12.1 Å². The van der Waals surface area contributed by atoms with Crippen LogP contribution in [0.2, 0.25) is 5.02 Å². The van der Waals surface area contributed by atoms with E-state index >= 15 is 0 Å². The molecular weight excluding hydrogens is 394 g/mol. The van der Waals surface area contributed by atoms with Crippen molar-refractivity contribution in [3.8, 4) is 0 Å². The minimum absolute atomic E-state index is 0.139.